The fourth-order valence-corrected chi connectivity index (χ4v) is 2.16. The normalized spacial score (nSPS) is 11.0. The molecule has 0 aliphatic carbocycles. The number of benzene rings is 1. The Labute approximate surface area is 116 Å². The first-order valence-corrected chi connectivity index (χ1v) is 6.82. The topological polar surface area (TPSA) is 29.5 Å². The molecule has 0 spiro atoms. The molecule has 19 heavy (non-hydrogen) atoms. The van der Waals surface area contributed by atoms with Crippen LogP contribution in [0, 0.1) is 13.8 Å². The van der Waals surface area contributed by atoms with Crippen LogP contribution in [0.2, 0.25) is 0 Å². The van der Waals surface area contributed by atoms with Crippen LogP contribution in [0.3, 0.4) is 0 Å². The summed E-state index contributed by atoms with van der Waals surface area (Å²) in [5, 5.41) is 0. The third-order valence-corrected chi connectivity index (χ3v) is 3.15. The zero-order valence-corrected chi connectivity index (χ0v) is 12.5. The molecule has 0 heterocycles. The molecule has 0 saturated heterocycles. The molecule has 3 nitrogen and oxygen atoms in total. The molecule has 0 aliphatic rings. The van der Waals surface area contributed by atoms with Gasteiger partial charge in [-0.1, -0.05) is 17.2 Å². The van der Waals surface area contributed by atoms with E-state index in [1.807, 2.05) is 33.0 Å². The van der Waals surface area contributed by atoms with Gasteiger partial charge in [0.15, 0.2) is 5.78 Å². The molecule has 1 rings (SSSR count). The van der Waals surface area contributed by atoms with Crippen LogP contribution >= 0.6 is 0 Å². The van der Waals surface area contributed by atoms with Crippen molar-refractivity contribution in [3.63, 3.8) is 0 Å². The lowest BCUT2D eigenvalue weighted by Crippen LogP contribution is -2.23. The van der Waals surface area contributed by atoms with E-state index in [9.17, 15) is 4.79 Å². The van der Waals surface area contributed by atoms with E-state index in [2.05, 4.69) is 11.0 Å². The summed E-state index contributed by atoms with van der Waals surface area (Å²) >= 11 is 0. The lowest BCUT2D eigenvalue weighted by Gasteiger charge is -2.15. The second-order valence-electron chi connectivity index (χ2n) is 5.20. The zero-order valence-electron chi connectivity index (χ0n) is 12.5. The summed E-state index contributed by atoms with van der Waals surface area (Å²) in [6.45, 7) is 6.60. The number of aryl methyl sites for hydroxylation is 2. The van der Waals surface area contributed by atoms with E-state index in [1.54, 1.807) is 7.11 Å². The lowest BCUT2D eigenvalue weighted by molar-refractivity contribution is 0.0966. The number of carbonyl (C=O) groups excluding carboxylic acids is 1. The van der Waals surface area contributed by atoms with Crippen molar-refractivity contribution in [2.24, 2.45) is 0 Å². The summed E-state index contributed by atoms with van der Waals surface area (Å²) in [5.41, 5.74) is 3.14. The van der Waals surface area contributed by atoms with E-state index in [0.717, 1.165) is 42.8 Å². The van der Waals surface area contributed by atoms with Gasteiger partial charge in [-0.15, -0.1) is 0 Å². The predicted octanol–water partition coefficient (Wildman–Crippen LogP) is 2.84. The molecule has 3 heteroatoms. The van der Waals surface area contributed by atoms with Crippen LogP contribution in [-0.4, -0.2) is 44.5 Å². The smallest absolute Gasteiger partial charge is 0.164 e. The van der Waals surface area contributed by atoms with Gasteiger partial charge in [0.25, 0.3) is 0 Å². The zero-order chi connectivity index (χ0) is 14.3. The molecule has 0 unspecified atom stereocenters. The van der Waals surface area contributed by atoms with Gasteiger partial charge in [-0.3, -0.25) is 4.79 Å². The van der Waals surface area contributed by atoms with Crippen LogP contribution < -0.4 is 0 Å². The number of ether oxygens (including phenoxy) is 1. The first-order chi connectivity index (χ1) is 9.02. The SMILES string of the molecule is COCCCN(C)CCC(=O)c1cc(C)cc(C)c1. The van der Waals surface area contributed by atoms with Gasteiger partial charge in [0.05, 0.1) is 0 Å². The average molecular weight is 263 g/mol. The summed E-state index contributed by atoms with van der Waals surface area (Å²) in [4.78, 5) is 14.3. The highest BCUT2D eigenvalue weighted by molar-refractivity contribution is 5.96. The van der Waals surface area contributed by atoms with Crippen molar-refractivity contribution in [3.05, 3.63) is 34.9 Å². The second-order valence-corrected chi connectivity index (χ2v) is 5.20. The molecule has 1 aromatic rings. The maximum absolute atomic E-state index is 12.1. The van der Waals surface area contributed by atoms with Gasteiger partial charge in [-0.25, -0.2) is 0 Å². The number of rotatable bonds is 8. The molecular formula is C16H25NO2. The van der Waals surface area contributed by atoms with Crippen molar-refractivity contribution in [2.45, 2.75) is 26.7 Å². The van der Waals surface area contributed by atoms with E-state index in [1.165, 1.54) is 0 Å². The third-order valence-electron chi connectivity index (χ3n) is 3.15. The van der Waals surface area contributed by atoms with Gasteiger partial charge in [-0.05, 0) is 39.4 Å². The molecule has 0 aromatic heterocycles. The van der Waals surface area contributed by atoms with E-state index in [0.29, 0.717) is 6.42 Å². The summed E-state index contributed by atoms with van der Waals surface area (Å²) < 4.78 is 5.02. The average Bonchev–Trinajstić information content (AvgIpc) is 2.35. The summed E-state index contributed by atoms with van der Waals surface area (Å²) in [7, 11) is 3.76. The monoisotopic (exact) mass is 263 g/mol. The predicted molar refractivity (Wildman–Crippen MR) is 78.9 cm³/mol. The third kappa shape index (κ3) is 5.99. The maximum atomic E-state index is 12.1. The fraction of sp³-hybridized carbons (Fsp3) is 0.562. The van der Waals surface area contributed by atoms with Crippen LogP contribution in [0.4, 0.5) is 0 Å². The first kappa shape index (κ1) is 15.9. The molecule has 0 bridgehead atoms. The van der Waals surface area contributed by atoms with Crippen molar-refractivity contribution in [3.8, 4) is 0 Å². The van der Waals surface area contributed by atoms with E-state index < -0.39 is 0 Å². The van der Waals surface area contributed by atoms with Crippen LogP contribution in [0.15, 0.2) is 18.2 Å². The molecule has 0 amide bonds. The molecule has 0 fully saturated rings. The van der Waals surface area contributed by atoms with Crippen LogP contribution in [-0.2, 0) is 4.74 Å². The minimum absolute atomic E-state index is 0.227. The molecular weight excluding hydrogens is 238 g/mol. The van der Waals surface area contributed by atoms with Crippen molar-refractivity contribution in [1.29, 1.82) is 0 Å². The van der Waals surface area contributed by atoms with Crippen molar-refractivity contribution >= 4 is 5.78 Å². The van der Waals surface area contributed by atoms with Gasteiger partial charge >= 0.3 is 0 Å². The van der Waals surface area contributed by atoms with Gasteiger partial charge in [-0.2, -0.15) is 0 Å². The Bertz CT molecular complexity index is 395. The maximum Gasteiger partial charge on any atom is 0.164 e. The Kier molecular flexibility index (Phi) is 6.74. The number of hydrogen-bond acceptors (Lipinski definition) is 3. The van der Waals surface area contributed by atoms with Crippen LogP contribution in [0.25, 0.3) is 0 Å². The molecule has 0 radical (unpaired) electrons. The van der Waals surface area contributed by atoms with Crippen LogP contribution in [0.1, 0.15) is 34.3 Å². The highest BCUT2D eigenvalue weighted by Gasteiger charge is 2.08. The Balaban J connectivity index is 2.42. The minimum atomic E-state index is 0.227. The number of methoxy groups -OCH3 is 1. The Hall–Kier alpha value is -1.19. The van der Waals surface area contributed by atoms with E-state index >= 15 is 0 Å². The highest BCUT2D eigenvalue weighted by Crippen LogP contribution is 2.11. The van der Waals surface area contributed by atoms with E-state index in [4.69, 9.17) is 4.74 Å². The van der Waals surface area contributed by atoms with Gasteiger partial charge in [0, 0.05) is 38.8 Å². The number of carbonyl (C=O) groups is 1. The number of hydrogen-bond donors (Lipinski definition) is 0. The Morgan fingerprint density at radius 1 is 1.16 bits per heavy atom. The first-order valence-electron chi connectivity index (χ1n) is 6.82. The largest absolute Gasteiger partial charge is 0.385 e. The summed E-state index contributed by atoms with van der Waals surface area (Å²) in [6, 6.07) is 6.04. The number of ketones is 1. The fourth-order valence-electron chi connectivity index (χ4n) is 2.16. The molecule has 106 valence electrons. The summed E-state index contributed by atoms with van der Waals surface area (Å²) in [5.74, 6) is 0.227. The Morgan fingerprint density at radius 2 is 1.79 bits per heavy atom. The van der Waals surface area contributed by atoms with Crippen LogP contribution in [0.5, 0.6) is 0 Å². The Morgan fingerprint density at radius 3 is 2.37 bits per heavy atom. The second kappa shape index (κ2) is 8.08. The van der Waals surface area contributed by atoms with Gasteiger partial charge in [0.2, 0.25) is 0 Å². The lowest BCUT2D eigenvalue weighted by atomic mass is 10.0. The number of nitrogens with zero attached hydrogens (tertiary/aromatic N) is 1. The number of Topliss-reactive ketones (excluding diaryl/α,β-unsaturated/α-hetero) is 1. The van der Waals surface area contributed by atoms with Crippen molar-refractivity contribution in [2.75, 3.05) is 33.9 Å². The van der Waals surface area contributed by atoms with Crippen molar-refractivity contribution < 1.29 is 9.53 Å². The molecule has 1 aromatic carbocycles. The minimum Gasteiger partial charge on any atom is -0.385 e. The summed E-state index contributed by atoms with van der Waals surface area (Å²) in [6.07, 6.45) is 1.58. The standard InChI is InChI=1S/C16H25NO2/c1-13-10-14(2)12-15(11-13)16(18)6-8-17(3)7-5-9-19-4/h10-12H,5-9H2,1-4H3. The molecule has 0 atom stereocenters. The molecule has 0 N–H and O–H groups in total. The van der Waals surface area contributed by atoms with E-state index in [-0.39, 0.29) is 5.78 Å². The quantitative estimate of drug-likeness (QED) is 0.533. The van der Waals surface area contributed by atoms with Crippen molar-refractivity contribution in [1.82, 2.24) is 4.90 Å². The highest BCUT2D eigenvalue weighted by atomic mass is 16.5. The van der Waals surface area contributed by atoms with Gasteiger partial charge < -0.3 is 9.64 Å². The molecule has 0 aliphatic heterocycles. The molecule has 0 saturated carbocycles. The van der Waals surface area contributed by atoms with Gasteiger partial charge in [0.1, 0.15) is 0 Å².